The Bertz CT molecular complexity index is 727. The van der Waals surface area contributed by atoms with Crippen LogP contribution in [-0.4, -0.2) is 11.5 Å². The Hall–Kier alpha value is 1.32. The zero-order valence-electron chi connectivity index (χ0n) is 20.8. The predicted molar refractivity (Wildman–Crippen MR) is 161 cm³/mol. The van der Waals surface area contributed by atoms with Crippen LogP contribution in [0, 0.1) is 23.7 Å². The van der Waals surface area contributed by atoms with Crippen molar-refractivity contribution in [2.45, 2.75) is 103 Å². The molecule has 0 bridgehead atoms. The van der Waals surface area contributed by atoms with Crippen molar-refractivity contribution in [3.63, 3.8) is 0 Å². The Morgan fingerprint density at radius 3 is 1.31 bits per heavy atom. The van der Waals surface area contributed by atoms with Gasteiger partial charge >= 0.3 is 0 Å². The van der Waals surface area contributed by atoms with Gasteiger partial charge in [0.15, 0.2) is 0 Å². The van der Waals surface area contributed by atoms with E-state index in [4.69, 9.17) is 0 Å². The van der Waals surface area contributed by atoms with Crippen LogP contribution in [0.15, 0.2) is 17.4 Å². The molecule has 184 valence electrons. The fraction of sp³-hybridized carbons (Fsp3) is 0.769. The number of hydrogen-bond acceptors (Lipinski definition) is 4. The highest BCUT2D eigenvalue weighted by Gasteiger charge is 2.20. The molecule has 0 amide bonds. The van der Waals surface area contributed by atoms with Crippen molar-refractivity contribution in [1.82, 2.24) is 0 Å². The lowest BCUT2D eigenvalue weighted by atomic mass is 9.98. The number of thiophene rings is 2. The molecule has 32 heavy (non-hydrogen) atoms. The van der Waals surface area contributed by atoms with E-state index in [-0.39, 0.29) is 0 Å². The maximum absolute atomic E-state index is 3.88. The van der Waals surface area contributed by atoms with Gasteiger partial charge in [0.25, 0.3) is 0 Å². The minimum absolute atomic E-state index is 0.831. The highest BCUT2D eigenvalue weighted by molar-refractivity contribution is 9.11. The Labute approximate surface area is 231 Å². The average Bonchev–Trinajstić information content (AvgIpc) is 3.15. The van der Waals surface area contributed by atoms with Gasteiger partial charge in [-0.2, -0.15) is 0 Å². The second kappa shape index (κ2) is 15.4. The summed E-state index contributed by atoms with van der Waals surface area (Å²) in [5.74, 6) is 5.78. The molecule has 0 aliphatic heterocycles. The summed E-state index contributed by atoms with van der Waals surface area (Å²) in [6.07, 6.45) is 10.9. The number of hydrogen-bond donors (Lipinski definition) is 0. The van der Waals surface area contributed by atoms with E-state index in [1.165, 1.54) is 89.6 Å². The number of fused-ring (bicyclic) bond motifs is 1. The van der Waals surface area contributed by atoms with Crippen molar-refractivity contribution in [2.75, 3.05) is 11.5 Å². The van der Waals surface area contributed by atoms with E-state index in [0.717, 1.165) is 23.7 Å². The summed E-state index contributed by atoms with van der Waals surface area (Å²) in [4.78, 5) is 2.94. The lowest BCUT2D eigenvalue weighted by molar-refractivity contribution is 0.451. The van der Waals surface area contributed by atoms with Crippen LogP contribution in [0.4, 0.5) is 0 Å². The quantitative estimate of drug-likeness (QED) is 0.167. The molecule has 6 heteroatoms. The second-order valence-corrected chi connectivity index (χ2v) is 17.1. The lowest BCUT2D eigenvalue weighted by Gasteiger charge is -2.11. The molecule has 0 nitrogen and oxygen atoms in total. The number of halogens is 2. The summed E-state index contributed by atoms with van der Waals surface area (Å²) in [5, 5.41) is 0. The maximum Gasteiger partial charge on any atom is 0.0855 e. The SMILES string of the molecule is CC(C)CCC[C@H](C)CCSc1c(Br)sc2c(SCC[C@@H](C)CCCC(C)C)c(Br)sc12. The summed E-state index contributed by atoms with van der Waals surface area (Å²) in [7, 11) is 0. The van der Waals surface area contributed by atoms with Crippen molar-refractivity contribution in [1.29, 1.82) is 0 Å². The Kier molecular flexibility index (Phi) is 14.3. The van der Waals surface area contributed by atoms with Crippen LogP contribution in [-0.2, 0) is 0 Å². The largest absolute Gasteiger partial charge is 0.125 e. The zero-order valence-corrected chi connectivity index (χ0v) is 27.2. The molecule has 0 saturated carbocycles. The number of rotatable bonds is 16. The van der Waals surface area contributed by atoms with Gasteiger partial charge in [-0.25, -0.2) is 0 Å². The minimum atomic E-state index is 0.831. The third-order valence-electron chi connectivity index (χ3n) is 6.03. The van der Waals surface area contributed by atoms with Crippen LogP contribution in [0.1, 0.15) is 92.9 Å². The molecule has 0 saturated heterocycles. The van der Waals surface area contributed by atoms with Gasteiger partial charge in [-0.05, 0) is 79.9 Å². The van der Waals surface area contributed by atoms with Gasteiger partial charge in [0, 0.05) is 0 Å². The normalized spacial score (nSPS) is 14.2. The Morgan fingerprint density at radius 1 is 0.594 bits per heavy atom. The molecule has 0 radical (unpaired) electrons. The van der Waals surface area contributed by atoms with Gasteiger partial charge in [0.05, 0.1) is 26.8 Å². The molecule has 0 aliphatic carbocycles. The van der Waals surface area contributed by atoms with Crippen molar-refractivity contribution >= 4 is 87.5 Å². The molecule has 2 atom stereocenters. The van der Waals surface area contributed by atoms with Crippen LogP contribution in [0.3, 0.4) is 0 Å². The zero-order chi connectivity index (χ0) is 23.7. The van der Waals surface area contributed by atoms with Crippen LogP contribution in [0.5, 0.6) is 0 Å². The second-order valence-electron chi connectivity index (χ2n) is 10.2. The molecular weight excluding hydrogens is 600 g/mol. The molecule has 0 N–H and O–H groups in total. The topological polar surface area (TPSA) is 0 Å². The van der Waals surface area contributed by atoms with Crippen LogP contribution in [0.2, 0.25) is 0 Å². The van der Waals surface area contributed by atoms with E-state index in [2.05, 4.69) is 96.9 Å². The minimum Gasteiger partial charge on any atom is -0.125 e. The standard InChI is InChI=1S/C26H42Br2S4/c1-17(2)9-7-11-19(5)13-15-29-23-21-22(32-25(23)27)24(26(28)31-21)30-16-14-20(6)12-8-10-18(3)4/h17-20H,7-16H2,1-6H3/t19-,20-/m0/s1. The molecule has 2 aromatic heterocycles. The first-order chi connectivity index (χ1) is 15.2. The third kappa shape index (κ3) is 10.1. The van der Waals surface area contributed by atoms with Gasteiger partial charge in [-0.15, -0.1) is 46.2 Å². The highest BCUT2D eigenvalue weighted by Crippen LogP contribution is 2.52. The summed E-state index contributed by atoms with van der Waals surface area (Å²) >= 11 is 15.7. The maximum atomic E-state index is 3.88. The van der Waals surface area contributed by atoms with Gasteiger partial charge in [-0.1, -0.05) is 80.1 Å². The molecule has 0 unspecified atom stereocenters. The van der Waals surface area contributed by atoms with E-state index in [9.17, 15) is 0 Å². The lowest BCUT2D eigenvalue weighted by Crippen LogP contribution is -1.98. The summed E-state index contributed by atoms with van der Waals surface area (Å²) in [6.45, 7) is 14.2. The first-order valence-electron chi connectivity index (χ1n) is 12.3. The molecule has 2 heterocycles. The van der Waals surface area contributed by atoms with E-state index < -0.39 is 0 Å². The summed E-state index contributed by atoms with van der Waals surface area (Å²) < 4.78 is 5.62. The molecule has 0 aliphatic rings. The van der Waals surface area contributed by atoms with Gasteiger partial charge in [-0.3, -0.25) is 0 Å². The fourth-order valence-corrected chi connectivity index (χ4v) is 11.6. The first-order valence-corrected chi connectivity index (χ1v) is 17.5. The molecule has 2 rings (SSSR count). The van der Waals surface area contributed by atoms with E-state index in [1.54, 1.807) is 0 Å². The molecule has 0 aromatic carbocycles. The monoisotopic (exact) mass is 640 g/mol. The third-order valence-corrected chi connectivity index (χ3v) is 13.2. The van der Waals surface area contributed by atoms with E-state index in [0.29, 0.717) is 0 Å². The molecule has 0 spiro atoms. The Balaban J connectivity index is 1.85. The molecule has 2 aromatic rings. The van der Waals surface area contributed by atoms with Gasteiger partial charge < -0.3 is 0 Å². The highest BCUT2D eigenvalue weighted by atomic mass is 79.9. The smallest absolute Gasteiger partial charge is 0.0855 e. The summed E-state index contributed by atoms with van der Waals surface area (Å²) in [5.41, 5.74) is 0. The van der Waals surface area contributed by atoms with Crippen molar-refractivity contribution in [3.8, 4) is 0 Å². The van der Waals surface area contributed by atoms with Crippen LogP contribution < -0.4 is 0 Å². The first kappa shape index (κ1) is 29.5. The molecule has 0 fully saturated rings. The van der Waals surface area contributed by atoms with Gasteiger partial charge in [0.1, 0.15) is 0 Å². The average molecular weight is 643 g/mol. The summed E-state index contributed by atoms with van der Waals surface area (Å²) in [6, 6.07) is 0. The van der Waals surface area contributed by atoms with Gasteiger partial charge in [0.2, 0.25) is 0 Å². The van der Waals surface area contributed by atoms with E-state index >= 15 is 0 Å². The molecular formula is C26H42Br2S4. The number of thioether (sulfide) groups is 2. The van der Waals surface area contributed by atoms with Crippen molar-refractivity contribution < 1.29 is 0 Å². The van der Waals surface area contributed by atoms with Crippen molar-refractivity contribution in [2.24, 2.45) is 23.7 Å². The Morgan fingerprint density at radius 2 is 0.969 bits per heavy atom. The van der Waals surface area contributed by atoms with E-state index in [1.807, 2.05) is 22.7 Å². The predicted octanol–water partition coefficient (Wildman–Crippen LogP) is 12.4. The fourth-order valence-electron chi connectivity index (χ4n) is 3.85. The van der Waals surface area contributed by atoms with Crippen molar-refractivity contribution in [3.05, 3.63) is 7.57 Å². The van der Waals surface area contributed by atoms with Crippen LogP contribution >= 0.6 is 78.1 Å². The van der Waals surface area contributed by atoms with Crippen LogP contribution in [0.25, 0.3) is 9.40 Å².